The summed E-state index contributed by atoms with van der Waals surface area (Å²) in [4.78, 5) is 11.5. The summed E-state index contributed by atoms with van der Waals surface area (Å²) in [6, 6.07) is 0. The number of nitrogens with two attached hydrogens (primary N) is 1. The molecule has 2 N–H and O–H groups in total. The second-order valence-electron chi connectivity index (χ2n) is 4.26. The minimum absolute atomic E-state index is 0.163. The monoisotopic (exact) mass is 283 g/mol. The van der Waals surface area contributed by atoms with Crippen molar-refractivity contribution in [2.75, 3.05) is 19.9 Å². The Morgan fingerprint density at radius 1 is 1.53 bits per heavy atom. The van der Waals surface area contributed by atoms with E-state index in [1.807, 2.05) is 14.0 Å². The molecule has 0 aliphatic heterocycles. The number of anilines is 1. The lowest BCUT2D eigenvalue weighted by atomic mass is 10.4. The molecular weight excluding hydrogens is 266 g/mol. The van der Waals surface area contributed by atoms with E-state index in [1.54, 1.807) is 13.3 Å². The van der Waals surface area contributed by atoms with Gasteiger partial charge >= 0.3 is 0 Å². The van der Waals surface area contributed by atoms with E-state index in [-0.39, 0.29) is 6.10 Å². The Bertz CT molecular complexity index is 527. The topological polar surface area (TPSA) is 90.3 Å². The average Bonchev–Trinajstić information content (AvgIpc) is 2.98. The van der Waals surface area contributed by atoms with Crippen LogP contribution in [-0.4, -0.2) is 34.2 Å². The summed E-state index contributed by atoms with van der Waals surface area (Å²) in [7, 11) is 3.58. The summed E-state index contributed by atoms with van der Waals surface area (Å²) in [5, 5.41) is 4.46. The van der Waals surface area contributed by atoms with Gasteiger partial charge in [-0.3, -0.25) is 4.90 Å². The molecule has 7 nitrogen and oxygen atoms in total. The molecule has 2 aromatic heterocycles. The quantitative estimate of drug-likeness (QED) is 0.857. The smallest absolute Gasteiger partial charge is 0.240 e. The number of nitrogen functional groups attached to an aromatic ring is 1. The van der Waals surface area contributed by atoms with Gasteiger partial charge in [-0.05, 0) is 14.0 Å². The molecule has 0 saturated carbocycles. The number of aromatic nitrogens is 3. The van der Waals surface area contributed by atoms with Crippen molar-refractivity contribution in [3.8, 4) is 0 Å². The van der Waals surface area contributed by atoms with Gasteiger partial charge in [-0.25, -0.2) is 4.98 Å². The zero-order valence-corrected chi connectivity index (χ0v) is 12.0. The lowest BCUT2D eigenvalue weighted by Gasteiger charge is -2.11. The van der Waals surface area contributed by atoms with Crippen LogP contribution in [0, 0.1) is 0 Å². The molecule has 1 unspecified atom stereocenters. The molecule has 2 aromatic rings. The maximum absolute atomic E-state index is 5.59. The number of ether oxygens (including phenoxy) is 1. The van der Waals surface area contributed by atoms with Crippen molar-refractivity contribution in [2.45, 2.75) is 26.1 Å². The van der Waals surface area contributed by atoms with E-state index >= 15 is 0 Å². The second-order valence-corrected chi connectivity index (χ2v) is 5.41. The number of hydrogen-bond donors (Lipinski definition) is 1. The number of hydrogen-bond acceptors (Lipinski definition) is 8. The van der Waals surface area contributed by atoms with Crippen LogP contribution in [0.2, 0.25) is 0 Å². The van der Waals surface area contributed by atoms with Gasteiger partial charge in [0.05, 0.1) is 6.54 Å². The van der Waals surface area contributed by atoms with Crippen molar-refractivity contribution >= 4 is 16.5 Å². The predicted octanol–water partition coefficient (Wildman–Crippen LogP) is 1.45. The van der Waals surface area contributed by atoms with Gasteiger partial charge in [0.15, 0.2) is 11.0 Å². The fourth-order valence-corrected chi connectivity index (χ4v) is 2.32. The van der Waals surface area contributed by atoms with Crippen molar-refractivity contribution < 1.29 is 9.26 Å². The Hall–Kier alpha value is -1.51. The normalized spacial score (nSPS) is 13.1. The summed E-state index contributed by atoms with van der Waals surface area (Å²) >= 11 is 1.48. The van der Waals surface area contributed by atoms with Crippen molar-refractivity contribution in [2.24, 2.45) is 0 Å². The molecule has 0 radical (unpaired) electrons. The van der Waals surface area contributed by atoms with Crippen LogP contribution in [0.5, 0.6) is 0 Å². The SMILES string of the molecule is COC(C)c1noc(CN(C)Cc2cnc(N)s2)n1. The van der Waals surface area contributed by atoms with E-state index in [4.69, 9.17) is 15.0 Å². The highest BCUT2D eigenvalue weighted by Gasteiger charge is 2.14. The van der Waals surface area contributed by atoms with Gasteiger partial charge in [-0.15, -0.1) is 11.3 Å². The Balaban J connectivity index is 1.91. The van der Waals surface area contributed by atoms with Gasteiger partial charge in [0.2, 0.25) is 5.89 Å². The molecular formula is C11H17N5O2S. The molecule has 0 bridgehead atoms. The van der Waals surface area contributed by atoms with Crippen molar-refractivity contribution in [1.82, 2.24) is 20.0 Å². The van der Waals surface area contributed by atoms with Gasteiger partial charge in [0.1, 0.15) is 6.10 Å². The van der Waals surface area contributed by atoms with Crippen molar-refractivity contribution in [3.05, 3.63) is 22.8 Å². The van der Waals surface area contributed by atoms with Crippen molar-refractivity contribution in [3.63, 3.8) is 0 Å². The molecule has 1 atom stereocenters. The standard InChI is InChI=1S/C11H17N5O2S/c1-7(17-3)10-14-9(18-15-10)6-16(2)5-8-4-13-11(12)19-8/h4,7H,5-6H2,1-3H3,(H2,12,13). The highest BCUT2D eigenvalue weighted by molar-refractivity contribution is 7.15. The molecule has 8 heteroatoms. The molecule has 0 aliphatic carbocycles. The maximum Gasteiger partial charge on any atom is 0.240 e. The summed E-state index contributed by atoms with van der Waals surface area (Å²) in [6.07, 6.45) is 1.62. The largest absolute Gasteiger partial charge is 0.375 e. The number of thiazole rings is 1. The van der Waals surface area contributed by atoms with E-state index < -0.39 is 0 Å². The third-order valence-corrected chi connectivity index (χ3v) is 3.41. The Labute approximate surface area is 115 Å². The fraction of sp³-hybridized carbons (Fsp3) is 0.545. The molecule has 0 aliphatic rings. The predicted molar refractivity (Wildman–Crippen MR) is 71.4 cm³/mol. The van der Waals surface area contributed by atoms with Gasteiger partial charge in [-0.1, -0.05) is 5.16 Å². The van der Waals surface area contributed by atoms with Crippen LogP contribution in [0.1, 0.15) is 29.6 Å². The zero-order valence-electron chi connectivity index (χ0n) is 11.2. The number of nitrogens with zero attached hydrogens (tertiary/aromatic N) is 4. The molecule has 19 heavy (non-hydrogen) atoms. The van der Waals surface area contributed by atoms with E-state index in [9.17, 15) is 0 Å². The minimum atomic E-state index is -0.163. The Morgan fingerprint density at radius 3 is 2.95 bits per heavy atom. The first kappa shape index (κ1) is 13.9. The minimum Gasteiger partial charge on any atom is -0.375 e. The van der Waals surface area contributed by atoms with Crippen LogP contribution in [0.15, 0.2) is 10.7 Å². The van der Waals surface area contributed by atoms with E-state index in [1.165, 1.54) is 11.3 Å². The molecule has 0 amide bonds. The lowest BCUT2D eigenvalue weighted by Crippen LogP contribution is -2.16. The number of methoxy groups -OCH3 is 1. The van der Waals surface area contributed by atoms with Crippen LogP contribution in [-0.2, 0) is 17.8 Å². The van der Waals surface area contributed by atoms with Gasteiger partial charge in [0.25, 0.3) is 0 Å². The Kier molecular flexibility index (Phi) is 4.46. The second kappa shape index (κ2) is 6.09. The molecule has 104 valence electrons. The van der Waals surface area contributed by atoms with Gasteiger partial charge < -0.3 is 15.0 Å². The first-order valence-electron chi connectivity index (χ1n) is 5.82. The zero-order chi connectivity index (χ0) is 13.8. The molecule has 2 heterocycles. The van der Waals surface area contributed by atoms with E-state index in [0.717, 1.165) is 11.4 Å². The highest BCUT2D eigenvalue weighted by atomic mass is 32.1. The summed E-state index contributed by atoms with van der Waals surface area (Å²) < 4.78 is 10.3. The molecule has 0 spiro atoms. The molecule has 0 fully saturated rings. The van der Waals surface area contributed by atoms with Crippen LogP contribution >= 0.6 is 11.3 Å². The average molecular weight is 283 g/mol. The third kappa shape index (κ3) is 3.72. The van der Waals surface area contributed by atoms with Crippen LogP contribution in [0.4, 0.5) is 5.13 Å². The van der Waals surface area contributed by atoms with E-state index in [0.29, 0.717) is 23.4 Å². The van der Waals surface area contributed by atoms with Crippen LogP contribution in [0.25, 0.3) is 0 Å². The number of rotatable bonds is 6. The Morgan fingerprint density at radius 2 is 2.32 bits per heavy atom. The van der Waals surface area contributed by atoms with Gasteiger partial charge in [0, 0.05) is 24.7 Å². The van der Waals surface area contributed by atoms with E-state index in [2.05, 4.69) is 20.0 Å². The lowest BCUT2D eigenvalue weighted by molar-refractivity contribution is 0.109. The molecule has 0 aromatic carbocycles. The summed E-state index contributed by atoms with van der Waals surface area (Å²) in [5.74, 6) is 1.13. The molecule has 2 rings (SSSR count). The summed E-state index contributed by atoms with van der Waals surface area (Å²) in [6.45, 7) is 3.19. The maximum atomic E-state index is 5.59. The first-order chi connectivity index (χ1) is 9.08. The first-order valence-corrected chi connectivity index (χ1v) is 6.64. The van der Waals surface area contributed by atoms with Crippen molar-refractivity contribution in [1.29, 1.82) is 0 Å². The molecule has 0 saturated heterocycles. The van der Waals surface area contributed by atoms with Gasteiger partial charge in [-0.2, -0.15) is 4.98 Å². The van der Waals surface area contributed by atoms with Crippen LogP contribution < -0.4 is 5.73 Å². The third-order valence-electron chi connectivity index (χ3n) is 2.60. The summed E-state index contributed by atoms with van der Waals surface area (Å²) in [5.41, 5.74) is 5.59. The fourth-order valence-electron chi connectivity index (χ4n) is 1.55. The van der Waals surface area contributed by atoms with Crippen LogP contribution in [0.3, 0.4) is 0 Å². The highest BCUT2D eigenvalue weighted by Crippen LogP contribution is 2.17.